The van der Waals surface area contributed by atoms with Crippen LogP contribution in [-0.2, 0) is 6.54 Å². The van der Waals surface area contributed by atoms with Crippen LogP contribution in [0, 0.1) is 0 Å². The maximum absolute atomic E-state index is 9.78. The minimum Gasteiger partial charge on any atom is -0.392 e. The summed E-state index contributed by atoms with van der Waals surface area (Å²) in [6.07, 6.45) is 4.32. The summed E-state index contributed by atoms with van der Waals surface area (Å²) in [6, 6.07) is 10.6. The Morgan fingerprint density at radius 3 is 2.50 bits per heavy atom. The molecule has 0 amide bonds. The summed E-state index contributed by atoms with van der Waals surface area (Å²) < 4.78 is 0. The van der Waals surface area contributed by atoms with Crippen LogP contribution in [0.2, 0.25) is 0 Å². The molecule has 1 aliphatic carbocycles. The lowest BCUT2D eigenvalue weighted by Gasteiger charge is -2.28. The molecule has 0 saturated heterocycles. The van der Waals surface area contributed by atoms with Crippen LogP contribution >= 0.6 is 12.4 Å². The van der Waals surface area contributed by atoms with Crippen LogP contribution in [0.25, 0.3) is 0 Å². The number of nitrogens with one attached hydrogen (secondary N) is 1. The van der Waals surface area contributed by atoms with Gasteiger partial charge in [0.2, 0.25) is 0 Å². The molecule has 2 rings (SSSR count). The Kier molecular flexibility index (Phi) is 5.81. The second kappa shape index (κ2) is 6.89. The second-order valence-electron chi connectivity index (χ2n) is 4.32. The van der Waals surface area contributed by atoms with Crippen molar-refractivity contribution in [3.63, 3.8) is 0 Å². The van der Waals surface area contributed by atoms with Gasteiger partial charge >= 0.3 is 0 Å². The van der Waals surface area contributed by atoms with Crippen molar-refractivity contribution in [1.82, 2.24) is 5.32 Å². The molecule has 1 aromatic carbocycles. The van der Waals surface area contributed by atoms with E-state index in [1.165, 1.54) is 18.4 Å². The van der Waals surface area contributed by atoms with Crippen LogP contribution in [0.4, 0.5) is 0 Å². The van der Waals surface area contributed by atoms with Crippen molar-refractivity contribution >= 4 is 12.4 Å². The van der Waals surface area contributed by atoms with E-state index >= 15 is 0 Å². The Balaban J connectivity index is 0.00000128. The normalized spacial score (nSPS) is 24.8. The smallest absolute Gasteiger partial charge is 0.0693 e. The molecule has 0 spiro atoms. The van der Waals surface area contributed by atoms with Crippen molar-refractivity contribution in [3.05, 3.63) is 35.9 Å². The van der Waals surface area contributed by atoms with Gasteiger partial charge in [0.05, 0.1) is 6.10 Å². The van der Waals surface area contributed by atoms with E-state index in [9.17, 15) is 5.11 Å². The summed E-state index contributed by atoms with van der Waals surface area (Å²) in [5, 5.41) is 13.2. The van der Waals surface area contributed by atoms with E-state index in [1.54, 1.807) is 0 Å². The SMILES string of the molecule is Cl.O[C@@H]1CCCC[C@@H]1NCc1ccccc1. The van der Waals surface area contributed by atoms with Crippen molar-refractivity contribution in [2.45, 2.75) is 44.4 Å². The van der Waals surface area contributed by atoms with Gasteiger partial charge in [-0.25, -0.2) is 0 Å². The highest BCUT2D eigenvalue weighted by Gasteiger charge is 2.21. The Labute approximate surface area is 103 Å². The molecule has 1 aliphatic rings. The van der Waals surface area contributed by atoms with Gasteiger partial charge in [0.25, 0.3) is 0 Å². The number of hydrogen-bond acceptors (Lipinski definition) is 2. The van der Waals surface area contributed by atoms with Crippen molar-refractivity contribution in [1.29, 1.82) is 0 Å². The van der Waals surface area contributed by atoms with Gasteiger partial charge in [-0.05, 0) is 18.4 Å². The van der Waals surface area contributed by atoms with E-state index in [0.717, 1.165) is 19.4 Å². The zero-order chi connectivity index (χ0) is 10.5. The first-order valence-corrected chi connectivity index (χ1v) is 5.81. The predicted molar refractivity (Wildman–Crippen MR) is 68.8 cm³/mol. The second-order valence-corrected chi connectivity index (χ2v) is 4.32. The first kappa shape index (κ1) is 13.5. The Morgan fingerprint density at radius 1 is 1.12 bits per heavy atom. The highest BCUT2D eigenvalue weighted by atomic mass is 35.5. The predicted octanol–water partition coefficient (Wildman–Crippen LogP) is 2.50. The standard InChI is InChI=1S/C13H19NO.ClH/c15-13-9-5-4-8-12(13)14-10-11-6-2-1-3-7-11;/h1-3,6-7,12-15H,4-5,8-10H2;1H/t12-,13+;/m0./s1. The minimum atomic E-state index is -0.150. The summed E-state index contributed by atoms with van der Waals surface area (Å²) in [4.78, 5) is 0. The van der Waals surface area contributed by atoms with E-state index in [-0.39, 0.29) is 18.5 Å². The first-order valence-electron chi connectivity index (χ1n) is 5.81. The summed E-state index contributed by atoms with van der Waals surface area (Å²) in [6.45, 7) is 0.864. The third-order valence-electron chi connectivity index (χ3n) is 3.14. The van der Waals surface area contributed by atoms with Crippen LogP contribution in [0.5, 0.6) is 0 Å². The average Bonchev–Trinajstić information content (AvgIpc) is 2.29. The summed E-state index contributed by atoms with van der Waals surface area (Å²) in [5.74, 6) is 0. The van der Waals surface area contributed by atoms with Gasteiger partial charge in [-0.2, -0.15) is 0 Å². The Bertz CT molecular complexity index is 291. The molecule has 1 fully saturated rings. The van der Waals surface area contributed by atoms with E-state index in [4.69, 9.17) is 0 Å². The molecule has 0 aliphatic heterocycles. The largest absolute Gasteiger partial charge is 0.392 e. The average molecular weight is 242 g/mol. The zero-order valence-electron chi connectivity index (χ0n) is 9.43. The van der Waals surface area contributed by atoms with Gasteiger partial charge in [0.1, 0.15) is 0 Å². The van der Waals surface area contributed by atoms with Crippen molar-refractivity contribution < 1.29 is 5.11 Å². The van der Waals surface area contributed by atoms with E-state index in [1.807, 2.05) is 18.2 Å². The molecule has 0 aromatic heterocycles. The quantitative estimate of drug-likeness (QED) is 0.852. The lowest BCUT2D eigenvalue weighted by atomic mass is 9.92. The van der Waals surface area contributed by atoms with Crippen LogP contribution in [0.3, 0.4) is 0 Å². The summed E-state index contributed by atoms with van der Waals surface area (Å²) in [7, 11) is 0. The molecule has 1 saturated carbocycles. The lowest BCUT2D eigenvalue weighted by molar-refractivity contribution is 0.0902. The fourth-order valence-electron chi connectivity index (χ4n) is 2.19. The van der Waals surface area contributed by atoms with E-state index < -0.39 is 0 Å². The molecule has 3 heteroatoms. The van der Waals surface area contributed by atoms with Crippen LogP contribution in [0.15, 0.2) is 30.3 Å². The molecule has 2 atom stereocenters. The molecule has 0 unspecified atom stereocenters. The topological polar surface area (TPSA) is 32.3 Å². The van der Waals surface area contributed by atoms with E-state index in [0.29, 0.717) is 6.04 Å². The van der Waals surface area contributed by atoms with Crippen molar-refractivity contribution in [2.75, 3.05) is 0 Å². The molecular weight excluding hydrogens is 222 g/mol. The number of benzene rings is 1. The molecule has 90 valence electrons. The summed E-state index contributed by atoms with van der Waals surface area (Å²) >= 11 is 0. The first-order chi connectivity index (χ1) is 7.36. The maximum Gasteiger partial charge on any atom is 0.0693 e. The van der Waals surface area contributed by atoms with Crippen LogP contribution in [-0.4, -0.2) is 17.3 Å². The molecular formula is C13H20ClNO. The molecule has 16 heavy (non-hydrogen) atoms. The number of halogens is 1. The Morgan fingerprint density at radius 2 is 1.81 bits per heavy atom. The van der Waals surface area contributed by atoms with Gasteiger partial charge < -0.3 is 10.4 Å². The third-order valence-corrected chi connectivity index (χ3v) is 3.14. The molecule has 2 N–H and O–H groups in total. The monoisotopic (exact) mass is 241 g/mol. The highest BCUT2D eigenvalue weighted by molar-refractivity contribution is 5.85. The van der Waals surface area contributed by atoms with Crippen molar-refractivity contribution in [3.8, 4) is 0 Å². The molecule has 0 heterocycles. The van der Waals surface area contributed by atoms with Gasteiger partial charge in [0, 0.05) is 12.6 Å². The number of hydrogen-bond donors (Lipinski definition) is 2. The fraction of sp³-hybridized carbons (Fsp3) is 0.538. The van der Waals surface area contributed by atoms with Crippen LogP contribution < -0.4 is 5.32 Å². The van der Waals surface area contributed by atoms with Gasteiger partial charge in [-0.15, -0.1) is 12.4 Å². The molecule has 1 aromatic rings. The fourth-order valence-corrected chi connectivity index (χ4v) is 2.19. The van der Waals surface area contributed by atoms with Crippen molar-refractivity contribution in [2.24, 2.45) is 0 Å². The maximum atomic E-state index is 9.78. The highest BCUT2D eigenvalue weighted by Crippen LogP contribution is 2.18. The summed E-state index contributed by atoms with van der Waals surface area (Å²) in [5.41, 5.74) is 1.29. The number of aliphatic hydroxyl groups excluding tert-OH is 1. The molecule has 0 radical (unpaired) electrons. The van der Waals surface area contributed by atoms with Gasteiger partial charge in [-0.1, -0.05) is 43.2 Å². The lowest BCUT2D eigenvalue weighted by Crippen LogP contribution is -2.41. The Hall–Kier alpha value is -0.570. The zero-order valence-corrected chi connectivity index (χ0v) is 10.2. The number of rotatable bonds is 3. The molecule has 0 bridgehead atoms. The minimum absolute atomic E-state index is 0. The van der Waals surface area contributed by atoms with Gasteiger partial charge in [0.15, 0.2) is 0 Å². The van der Waals surface area contributed by atoms with E-state index in [2.05, 4.69) is 17.4 Å². The third kappa shape index (κ3) is 3.78. The number of aliphatic hydroxyl groups is 1. The van der Waals surface area contributed by atoms with Crippen LogP contribution in [0.1, 0.15) is 31.2 Å². The molecule has 2 nitrogen and oxygen atoms in total. The van der Waals surface area contributed by atoms with Gasteiger partial charge in [-0.3, -0.25) is 0 Å².